The number of aromatic hydroxyl groups is 1. The van der Waals surface area contributed by atoms with E-state index in [1.807, 2.05) is 36.4 Å². The Bertz CT molecular complexity index is 772. The molecule has 3 aromatic rings. The number of phenolic OH excluding ortho intramolecular Hbond substituents is 1. The predicted octanol–water partition coefficient (Wildman–Crippen LogP) is 3.56. The van der Waals surface area contributed by atoms with E-state index in [0.29, 0.717) is 6.54 Å². The largest absolute Gasteiger partial charge is 0.508 e. The number of pyridine rings is 1. The van der Waals surface area contributed by atoms with E-state index in [1.54, 1.807) is 25.4 Å². The molecule has 0 saturated carbocycles. The van der Waals surface area contributed by atoms with Crippen LogP contribution < -0.4 is 10.1 Å². The van der Waals surface area contributed by atoms with Crippen LogP contribution in [0, 0.1) is 0 Å². The minimum atomic E-state index is 0.247. The van der Waals surface area contributed by atoms with Crippen molar-refractivity contribution in [1.29, 1.82) is 0 Å². The lowest BCUT2D eigenvalue weighted by Crippen LogP contribution is -2.00. The third kappa shape index (κ3) is 2.89. The van der Waals surface area contributed by atoms with Crippen LogP contribution in [0.2, 0.25) is 0 Å². The average molecular weight is 280 g/mol. The number of rotatable bonds is 4. The van der Waals surface area contributed by atoms with Crippen LogP contribution in [0.15, 0.2) is 54.7 Å². The lowest BCUT2D eigenvalue weighted by molar-refractivity contribution is 0.411. The molecule has 0 saturated heterocycles. The number of phenols is 1. The second kappa shape index (κ2) is 5.71. The lowest BCUT2D eigenvalue weighted by Gasteiger charge is -2.10. The van der Waals surface area contributed by atoms with E-state index in [1.165, 1.54) is 0 Å². The zero-order valence-electron chi connectivity index (χ0n) is 11.7. The van der Waals surface area contributed by atoms with E-state index in [0.717, 1.165) is 27.9 Å². The summed E-state index contributed by atoms with van der Waals surface area (Å²) < 4.78 is 5.17. The molecule has 0 bridgehead atoms. The highest BCUT2D eigenvalue weighted by atomic mass is 16.5. The topological polar surface area (TPSA) is 54.4 Å². The highest BCUT2D eigenvalue weighted by Crippen LogP contribution is 2.24. The molecule has 106 valence electrons. The van der Waals surface area contributed by atoms with Gasteiger partial charge in [0.05, 0.1) is 24.5 Å². The summed E-state index contributed by atoms with van der Waals surface area (Å²) in [5, 5.41) is 14.2. The summed E-state index contributed by atoms with van der Waals surface area (Å²) in [5.41, 5.74) is 2.66. The minimum absolute atomic E-state index is 0.247. The van der Waals surface area contributed by atoms with Gasteiger partial charge in [-0.05, 0) is 30.3 Å². The van der Waals surface area contributed by atoms with Crippen molar-refractivity contribution in [3.05, 3.63) is 60.3 Å². The van der Waals surface area contributed by atoms with Gasteiger partial charge >= 0.3 is 0 Å². The fraction of sp³-hybridized carbons (Fsp3) is 0.118. The highest BCUT2D eigenvalue weighted by molar-refractivity contribution is 5.81. The number of anilines is 1. The minimum Gasteiger partial charge on any atom is -0.508 e. The second-order valence-corrected chi connectivity index (χ2v) is 4.76. The number of hydrogen-bond donors (Lipinski definition) is 2. The number of fused-ring (bicyclic) bond motifs is 1. The third-order valence-corrected chi connectivity index (χ3v) is 3.36. The molecule has 21 heavy (non-hydrogen) atoms. The molecule has 2 aromatic carbocycles. The smallest absolute Gasteiger partial charge is 0.120 e. The Balaban J connectivity index is 1.80. The molecule has 3 rings (SSSR count). The first-order chi connectivity index (χ1) is 10.3. The van der Waals surface area contributed by atoms with Gasteiger partial charge in [0.1, 0.15) is 11.5 Å². The average Bonchev–Trinajstić information content (AvgIpc) is 2.54. The van der Waals surface area contributed by atoms with Crippen molar-refractivity contribution in [3.8, 4) is 11.5 Å². The Labute approximate surface area is 123 Å². The van der Waals surface area contributed by atoms with Gasteiger partial charge in [-0.2, -0.15) is 0 Å². The summed E-state index contributed by atoms with van der Waals surface area (Å²) in [4.78, 5) is 4.40. The van der Waals surface area contributed by atoms with E-state index in [9.17, 15) is 5.11 Å². The van der Waals surface area contributed by atoms with Crippen LogP contribution in [0.4, 0.5) is 5.69 Å². The van der Waals surface area contributed by atoms with Gasteiger partial charge in [0.15, 0.2) is 0 Å². The van der Waals surface area contributed by atoms with E-state index < -0.39 is 0 Å². The molecule has 2 N–H and O–H groups in total. The Kier molecular flexibility index (Phi) is 3.60. The van der Waals surface area contributed by atoms with Crippen molar-refractivity contribution in [2.75, 3.05) is 12.4 Å². The number of aromatic nitrogens is 1. The van der Waals surface area contributed by atoms with Crippen LogP contribution in [-0.4, -0.2) is 17.2 Å². The van der Waals surface area contributed by atoms with Crippen molar-refractivity contribution < 1.29 is 9.84 Å². The zero-order chi connectivity index (χ0) is 14.7. The molecular formula is C17H16N2O2. The summed E-state index contributed by atoms with van der Waals surface area (Å²) >= 11 is 0. The Hall–Kier alpha value is -2.75. The molecule has 0 aliphatic carbocycles. The summed E-state index contributed by atoms with van der Waals surface area (Å²) in [6, 6.07) is 15.2. The van der Waals surface area contributed by atoms with Crippen molar-refractivity contribution in [2.24, 2.45) is 0 Å². The fourth-order valence-electron chi connectivity index (χ4n) is 2.20. The summed E-state index contributed by atoms with van der Waals surface area (Å²) in [7, 11) is 1.61. The standard InChI is InChI=1S/C17H16N2O2/c1-21-15-6-7-17(20)13(9-15)10-18-14-8-12-4-2-3-5-16(12)19-11-14/h2-9,11,18,20H,10H2,1H3. The van der Waals surface area contributed by atoms with Gasteiger partial charge in [0, 0.05) is 17.5 Å². The van der Waals surface area contributed by atoms with Crippen LogP contribution in [-0.2, 0) is 6.54 Å². The third-order valence-electron chi connectivity index (χ3n) is 3.36. The molecule has 4 nitrogen and oxygen atoms in total. The van der Waals surface area contributed by atoms with Crippen LogP contribution in [0.5, 0.6) is 11.5 Å². The van der Waals surface area contributed by atoms with Gasteiger partial charge < -0.3 is 15.2 Å². The number of methoxy groups -OCH3 is 1. The monoisotopic (exact) mass is 280 g/mol. The van der Waals surface area contributed by atoms with E-state index in [-0.39, 0.29) is 5.75 Å². The Morgan fingerprint density at radius 3 is 2.86 bits per heavy atom. The van der Waals surface area contributed by atoms with E-state index in [4.69, 9.17) is 4.74 Å². The fourth-order valence-corrected chi connectivity index (χ4v) is 2.20. The molecule has 0 spiro atoms. The molecule has 0 amide bonds. The summed E-state index contributed by atoms with van der Waals surface area (Å²) in [5.74, 6) is 0.971. The molecule has 0 aliphatic rings. The molecule has 4 heteroatoms. The van der Waals surface area contributed by atoms with Gasteiger partial charge in [0.25, 0.3) is 0 Å². The molecular weight excluding hydrogens is 264 g/mol. The van der Waals surface area contributed by atoms with Crippen molar-refractivity contribution in [1.82, 2.24) is 4.98 Å². The molecule has 0 radical (unpaired) electrons. The summed E-state index contributed by atoms with van der Waals surface area (Å²) in [6.45, 7) is 0.503. The predicted molar refractivity (Wildman–Crippen MR) is 83.7 cm³/mol. The van der Waals surface area contributed by atoms with Crippen LogP contribution in [0.3, 0.4) is 0 Å². The normalized spacial score (nSPS) is 10.5. The number of hydrogen-bond acceptors (Lipinski definition) is 4. The van der Waals surface area contributed by atoms with Crippen molar-refractivity contribution in [2.45, 2.75) is 6.54 Å². The van der Waals surface area contributed by atoms with Crippen LogP contribution in [0.1, 0.15) is 5.56 Å². The number of ether oxygens (including phenoxy) is 1. The molecule has 0 unspecified atom stereocenters. The zero-order valence-corrected chi connectivity index (χ0v) is 11.7. The first-order valence-corrected chi connectivity index (χ1v) is 6.71. The van der Waals surface area contributed by atoms with Crippen molar-refractivity contribution >= 4 is 16.6 Å². The molecule has 1 heterocycles. The van der Waals surface area contributed by atoms with Gasteiger partial charge in [-0.1, -0.05) is 18.2 Å². The number of benzene rings is 2. The quantitative estimate of drug-likeness (QED) is 0.767. The lowest BCUT2D eigenvalue weighted by atomic mass is 10.1. The summed E-state index contributed by atoms with van der Waals surface area (Å²) in [6.07, 6.45) is 1.79. The second-order valence-electron chi connectivity index (χ2n) is 4.76. The molecule has 0 fully saturated rings. The van der Waals surface area contributed by atoms with Crippen LogP contribution in [0.25, 0.3) is 10.9 Å². The Morgan fingerprint density at radius 2 is 2.00 bits per heavy atom. The van der Waals surface area contributed by atoms with Crippen LogP contribution >= 0.6 is 0 Å². The number of nitrogens with one attached hydrogen (secondary N) is 1. The first-order valence-electron chi connectivity index (χ1n) is 6.71. The van der Waals surface area contributed by atoms with Gasteiger partial charge in [0.2, 0.25) is 0 Å². The number of nitrogens with zero attached hydrogens (tertiary/aromatic N) is 1. The van der Waals surface area contributed by atoms with E-state index in [2.05, 4.69) is 10.3 Å². The molecule has 1 aromatic heterocycles. The molecule has 0 atom stereocenters. The van der Waals surface area contributed by atoms with Crippen molar-refractivity contribution in [3.63, 3.8) is 0 Å². The SMILES string of the molecule is COc1ccc(O)c(CNc2cnc3ccccc3c2)c1. The van der Waals surface area contributed by atoms with Gasteiger partial charge in [-0.3, -0.25) is 4.98 Å². The maximum atomic E-state index is 9.87. The number of para-hydroxylation sites is 1. The maximum absolute atomic E-state index is 9.87. The van der Waals surface area contributed by atoms with Gasteiger partial charge in [-0.15, -0.1) is 0 Å². The highest BCUT2D eigenvalue weighted by Gasteiger charge is 2.04. The van der Waals surface area contributed by atoms with E-state index >= 15 is 0 Å². The maximum Gasteiger partial charge on any atom is 0.120 e. The Morgan fingerprint density at radius 1 is 1.14 bits per heavy atom. The first kappa shape index (κ1) is 13.2. The van der Waals surface area contributed by atoms with Gasteiger partial charge in [-0.25, -0.2) is 0 Å². The molecule has 0 aliphatic heterocycles.